The van der Waals surface area contributed by atoms with Gasteiger partial charge in [0.1, 0.15) is 5.01 Å². The van der Waals surface area contributed by atoms with Crippen LogP contribution in [0.4, 0.5) is 0 Å². The van der Waals surface area contributed by atoms with E-state index in [1.54, 1.807) is 11.3 Å². The van der Waals surface area contributed by atoms with Gasteiger partial charge in [-0.2, -0.15) is 0 Å². The van der Waals surface area contributed by atoms with Gasteiger partial charge in [-0.25, -0.2) is 4.98 Å². The molecule has 1 fully saturated rings. The van der Waals surface area contributed by atoms with E-state index in [1.807, 2.05) is 6.07 Å². The molecule has 96 valence electrons. The van der Waals surface area contributed by atoms with E-state index < -0.39 is 0 Å². The number of nitrogens with zero attached hydrogens (tertiary/aromatic N) is 2. The second-order valence-corrected chi connectivity index (χ2v) is 6.26. The summed E-state index contributed by atoms with van der Waals surface area (Å²) >= 11 is 1.78. The lowest BCUT2D eigenvalue weighted by Gasteiger charge is -2.33. The lowest BCUT2D eigenvalue weighted by Crippen LogP contribution is -2.41. The third-order valence-electron chi connectivity index (χ3n) is 3.64. The van der Waals surface area contributed by atoms with E-state index in [0.717, 1.165) is 31.6 Å². The molecule has 0 spiro atoms. The van der Waals surface area contributed by atoms with E-state index in [9.17, 15) is 5.11 Å². The van der Waals surface area contributed by atoms with Crippen molar-refractivity contribution in [2.24, 2.45) is 5.92 Å². The summed E-state index contributed by atoms with van der Waals surface area (Å²) < 4.78 is 1.26. The molecule has 0 amide bonds. The molecule has 1 aromatic heterocycles. The molecule has 2 heterocycles. The smallest absolute Gasteiger partial charge is 0.108 e. The van der Waals surface area contributed by atoms with E-state index in [2.05, 4.69) is 35.0 Å². The normalized spacial score (nSPS) is 25.7. The molecular weight excluding hydrogens is 244 g/mol. The van der Waals surface area contributed by atoms with Crippen molar-refractivity contribution in [3.05, 3.63) is 29.3 Å². The van der Waals surface area contributed by atoms with Gasteiger partial charge in [-0.3, -0.25) is 4.90 Å². The highest BCUT2D eigenvalue weighted by Crippen LogP contribution is 2.24. The Labute approximate surface area is 111 Å². The number of para-hydroxylation sites is 1. The van der Waals surface area contributed by atoms with Gasteiger partial charge < -0.3 is 5.11 Å². The molecule has 0 saturated carbocycles. The van der Waals surface area contributed by atoms with Crippen LogP contribution in [0.3, 0.4) is 0 Å². The van der Waals surface area contributed by atoms with Gasteiger partial charge in [0.25, 0.3) is 0 Å². The van der Waals surface area contributed by atoms with Gasteiger partial charge in [0.05, 0.1) is 22.9 Å². The van der Waals surface area contributed by atoms with Crippen molar-refractivity contribution in [2.45, 2.75) is 26.0 Å². The van der Waals surface area contributed by atoms with E-state index >= 15 is 0 Å². The van der Waals surface area contributed by atoms with Crippen molar-refractivity contribution in [1.82, 2.24) is 9.88 Å². The predicted molar refractivity (Wildman–Crippen MR) is 74.7 cm³/mol. The Hall–Kier alpha value is -0.970. The standard InChI is InChI=1S/C14H18N2OS/c1-10-8-16(7-6-12(10)17)9-14-15-11-4-2-3-5-13(11)18-14/h2-5,10,12,17H,6-9H2,1H3. The van der Waals surface area contributed by atoms with Crippen LogP contribution in [0.1, 0.15) is 18.4 Å². The number of hydrogen-bond acceptors (Lipinski definition) is 4. The molecule has 1 aliphatic heterocycles. The molecule has 3 nitrogen and oxygen atoms in total. The summed E-state index contributed by atoms with van der Waals surface area (Å²) in [6.45, 7) is 4.98. The van der Waals surface area contributed by atoms with Crippen LogP contribution in [0.2, 0.25) is 0 Å². The first-order chi connectivity index (χ1) is 8.72. The molecule has 1 saturated heterocycles. The van der Waals surface area contributed by atoms with Gasteiger partial charge in [-0.1, -0.05) is 19.1 Å². The van der Waals surface area contributed by atoms with E-state index in [-0.39, 0.29) is 6.10 Å². The van der Waals surface area contributed by atoms with Gasteiger partial charge in [0.15, 0.2) is 0 Å². The highest BCUT2D eigenvalue weighted by Gasteiger charge is 2.24. The molecule has 0 bridgehead atoms. The van der Waals surface area contributed by atoms with Gasteiger partial charge in [-0.05, 0) is 24.5 Å². The number of aliphatic hydroxyl groups excluding tert-OH is 1. The molecule has 1 aromatic carbocycles. The van der Waals surface area contributed by atoms with Crippen molar-refractivity contribution in [1.29, 1.82) is 0 Å². The zero-order valence-electron chi connectivity index (χ0n) is 10.5. The van der Waals surface area contributed by atoms with E-state index in [4.69, 9.17) is 0 Å². The summed E-state index contributed by atoms with van der Waals surface area (Å²) in [5.74, 6) is 0.369. The van der Waals surface area contributed by atoms with Crippen LogP contribution in [-0.2, 0) is 6.54 Å². The maximum absolute atomic E-state index is 9.74. The molecule has 1 N–H and O–H groups in total. The van der Waals surface area contributed by atoms with E-state index in [0.29, 0.717) is 5.92 Å². The number of fused-ring (bicyclic) bond motifs is 1. The molecular formula is C14H18N2OS. The van der Waals surface area contributed by atoms with Gasteiger partial charge >= 0.3 is 0 Å². The summed E-state index contributed by atoms with van der Waals surface area (Å²) in [5, 5.41) is 10.9. The fourth-order valence-electron chi connectivity index (χ4n) is 2.54. The van der Waals surface area contributed by atoms with Crippen LogP contribution in [-0.4, -0.2) is 34.2 Å². The fourth-order valence-corrected chi connectivity index (χ4v) is 3.55. The highest BCUT2D eigenvalue weighted by atomic mass is 32.1. The first kappa shape index (κ1) is 12.1. The van der Waals surface area contributed by atoms with Crippen LogP contribution in [0, 0.1) is 5.92 Å². The molecule has 18 heavy (non-hydrogen) atoms. The topological polar surface area (TPSA) is 36.4 Å². The zero-order valence-corrected chi connectivity index (χ0v) is 11.4. The first-order valence-corrected chi connectivity index (χ1v) is 7.29. The quantitative estimate of drug-likeness (QED) is 0.903. The minimum Gasteiger partial charge on any atom is -0.393 e. The molecule has 2 atom stereocenters. The Morgan fingerprint density at radius 1 is 1.44 bits per heavy atom. The Bertz CT molecular complexity index is 506. The summed E-state index contributed by atoms with van der Waals surface area (Å²) in [4.78, 5) is 7.06. The van der Waals surface area contributed by atoms with Crippen LogP contribution in [0.5, 0.6) is 0 Å². The average Bonchev–Trinajstić information content (AvgIpc) is 2.76. The van der Waals surface area contributed by atoms with Gasteiger partial charge in [0.2, 0.25) is 0 Å². The number of piperidine rings is 1. The number of likely N-dealkylation sites (tertiary alicyclic amines) is 1. The lowest BCUT2D eigenvalue weighted by atomic mass is 9.97. The largest absolute Gasteiger partial charge is 0.393 e. The summed E-state index contributed by atoms with van der Waals surface area (Å²) in [5.41, 5.74) is 1.10. The molecule has 2 aromatic rings. The molecule has 3 rings (SSSR count). The summed E-state index contributed by atoms with van der Waals surface area (Å²) in [6, 6.07) is 8.28. The van der Waals surface area contributed by atoms with Gasteiger partial charge in [0, 0.05) is 13.1 Å². The number of hydrogen-bond donors (Lipinski definition) is 1. The SMILES string of the molecule is CC1CN(Cc2nc3ccccc3s2)CCC1O. The Morgan fingerprint density at radius 3 is 3.06 bits per heavy atom. The lowest BCUT2D eigenvalue weighted by molar-refractivity contribution is 0.0320. The summed E-state index contributed by atoms with van der Waals surface area (Å²) in [6.07, 6.45) is 0.753. The van der Waals surface area contributed by atoms with Gasteiger partial charge in [-0.15, -0.1) is 11.3 Å². The van der Waals surface area contributed by atoms with Crippen molar-refractivity contribution in [3.63, 3.8) is 0 Å². The average molecular weight is 262 g/mol. The van der Waals surface area contributed by atoms with Crippen LogP contribution >= 0.6 is 11.3 Å². The maximum Gasteiger partial charge on any atom is 0.108 e. The first-order valence-electron chi connectivity index (χ1n) is 6.47. The Balaban J connectivity index is 1.72. The number of benzene rings is 1. The molecule has 2 unspecified atom stereocenters. The Kier molecular flexibility index (Phi) is 3.33. The number of aliphatic hydroxyl groups is 1. The van der Waals surface area contributed by atoms with Crippen LogP contribution in [0.25, 0.3) is 10.2 Å². The molecule has 1 aliphatic rings. The number of thiazole rings is 1. The Morgan fingerprint density at radius 2 is 2.28 bits per heavy atom. The second-order valence-electron chi connectivity index (χ2n) is 5.14. The molecule has 0 aliphatic carbocycles. The predicted octanol–water partition coefficient (Wildman–Crippen LogP) is 2.50. The molecule has 4 heteroatoms. The minimum atomic E-state index is -0.128. The second kappa shape index (κ2) is 4.96. The highest BCUT2D eigenvalue weighted by molar-refractivity contribution is 7.18. The maximum atomic E-state index is 9.74. The third kappa shape index (κ3) is 2.41. The van der Waals surface area contributed by atoms with Crippen molar-refractivity contribution in [3.8, 4) is 0 Å². The zero-order chi connectivity index (χ0) is 12.5. The van der Waals surface area contributed by atoms with Crippen LogP contribution < -0.4 is 0 Å². The monoisotopic (exact) mass is 262 g/mol. The van der Waals surface area contributed by atoms with Crippen molar-refractivity contribution < 1.29 is 5.11 Å². The van der Waals surface area contributed by atoms with Crippen LogP contribution in [0.15, 0.2) is 24.3 Å². The third-order valence-corrected chi connectivity index (χ3v) is 4.66. The minimum absolute atomic E-state index is 0.128. The number of rotatable bonds is 2. The number of aromatic nitrogens is 1. The van der Waals surface area contributed by atoms with Crippen molar-refractivity contribution in [2.75, 3.05) is 13.1 Å². The summed E-state index contributed by atoms with van der Waals surface area (Å²) in [7, 11) is 0. The molecule has 0 radical (unpaired) electrons. The fraction of sp³-hybridized carbons (Fsp3) is 0.500. The van der Waals surface area contributed by atoms with E-state index in [1.165, 1.54) is 9.71 Å². The van der Waals surface area contributed by atoms with Crippen molar-refractivity contribution >= 4 is 21.6 Å².